The molecule has 21 heavy (non-hydrogen) atoms. The van der Waals surface area contributed by atoms with E-state index < -0.39 is 12.2 Å². The molecule has 6 heteroatoms. The number of hydrogen-bond donors (Lipinski definition) is 1. The van der Waals surface area contributed by atoms with E-state index in [4.69, 9.17) is 14.2 Å². The number of ether oxygens (including phenoxy) is 3. The number of nitrogens with zero attached hydrogens (tertiary/aromatic N) is 2. The molecule has 0 saturated carbocycles. The van der Waals surface area contributed by atoms with E-state index in [2.05, 4.69) is 5.10 Å². The molecular formula is C15H18N2O4. The second-order valence-corrected chi connectivity index (χ2v) is 4.77. The second kappa shape index (κ2) is 5.65. The third kappa shape index (κ3) is 2.42. The average molecular weight is 290 g/mol. The fourth-order valence-electron chi connectivity index (χ4n) is 2.45. The zero-order valence-electron chi connectivity index (χ0n) is 12.0. The van der Waals surface area contributed by atoms with Gasteiger partial charge in [0.05, 0.1) is 13.3 Å². The summed E-state index contributed by atoms with van der Waals surface area (Å²) in [6.07, 6.45) is 0.214. The number of hydrogen-bond acceptors (Lipinski definition) is 5. The molecule has 0 amide bonds. The minimum atomic E-state index is -0.879. The lowest BCUT2D eigenvalue weighted by atomic mass is 10.1. The summed E-state index contributed by atoms with van der Waals surface area (Å²) in [5, 5.41) is 14.8. The Hall–Kier alpha value is -2.21. The zero-order chi connectivity index (χ0) is 14.8. The Morgan fingerprint density at radius 2 is 2.19 bits per heavy atom. The van der Waals surface area contributed by atoms with Crippen molar-refractivity contribution in [1.82, 2.24) is 9.78 Å². The lowest BCUT2D eigenvalue weighted by Gasteiger charge is -2.30. The largest absolute Gasteiger partial charge is 0.493 e. The van der Waals surface area contributed by atoms with Gasteiger partial charge >= 0.3 is 0 Å². The summed E-state index contributed by atoms with van der Waals surface area (Å²) in [5.74, 6) is 1.87. The summed E-state index contributed by atoms with van der Waals surface area (Å²) in [5.41, 5.74) is 0.605. The van der Waals surface area contributed by atoms with E-state index in [0.29, 0.717) is 29.5 Å². The van der Waals surface area contributed by atoms with E-state index in [1.54, 1.807) is 18.0 Å². The SMILES string of the molecule is CCn1ncc(OC)c1C(O)C1COc2ccccc2O1. The minimum Gasteiger partial charge on any atom is -0.493 e. The van der Waals surface area contributed by atoms with Crippen LogP contribution in [0.2, 0.25) is 0 Å². The molecule has 1 N–H and O–H groups in total. The van der Waals surface area contributed by atoms with Crippen LogP contribution in [0.25, 0.3) is 0 Å². The van der Waals surface area contributed by atoms with Gasteiger partial charge in [0.15, 0.2) is 23.4 Å². The van der Waals surface area contributed by atoms with Crippen molar-refractivity contribution in [2.24, 2.45) is 0 Å². The maximum absolute atomic E-state index is 10.6. The third-order valence-corrected chi connectivity index (χ3v) is 3.53. The maximum atomic E-state index is 10.6. The number of aryl methyl sites for hydroxylation is 1. The standard InChI is InChI=1S/C15H18N2O4/c1-3-17-14(12(19-2)8-16-17)15(18)13-9-20-10-6-4-5-7-11(10)21-13/h4-8,13,15,18H,3,9H2,1-2H3. The number of benzene rings is 1. The van der Waals surface area contributed by atoms with E-state index in [1.807, 2.05) is 31.2 Å². The Morgan fingerprint density at radius 3 is 2.90 bits per heavy atom. The van der Waals surface area contributed by atoms with Gasteiger partial charge in [0.1, 0.15) is 18.4 Å². The highest BCUT2D eigenvalue weighted by Crippen LogP contribution is 2.36. The molecule has 2 atom stereocenters. The van der Waals surface area contributed by atoms with E-state index in [-0.39, 0.29) is 6.61 Å². The van der Waals surface area contributed by atoms with Crippen LogP contribution in [0, 0.1) is 0 Å². The van der Waals surface area contributed by atoms with Crippen molar-refractivity contribution < 1.29 is 19.3 Å². The molecule has 0 spiro atoms. The lowest BCUT2D eigenvalue weighted by molar-refractivity contribution is -0.0162. The number of aromatic nitrogens is 2. The smallest absolute Gasteiger partial charge is 0.164 e. The van der Waals surface area contributed by atoms with Crippen molar-refractivity contribution in [1.29, 1.82) is 0 Å². The predicted molar refractivity (Wildman–Crippen MR) is 75.8 cm³/mol. The highest BCUT2D eigenvalue weighted by molar-refractivity contribution is 5.41. The molecule has 0 fully saturated rings. The fourth-order valence-corrected chi connectivity index (χ4v) is 2.45. The van der Waals surface area contributed by atoms with Crippen LogP contribution < -0.4 is 14.2 Å². The number of fused-ring (bicyclic) bond motifs is 1. The summed E-state index contributed by atoms with van der Waals surface area (Å²) in [7, 11) is 1.56. The zero-order valence-corrected chi connectivity index (χ0v) is 12.0. The first-order chi connectivity index (χ1) is 10.2. The van der Waals surface area contributed by atoms with Gasteiger partial charge in [0, 0.05) is 6.54 Å². The molecule has 1 aliphatic rings. The molecule has 112 valence electrons. The van der Waals surface area contributed by atoms with Gasteiger partial charge in [-0.05, 0) is 19.1 Å². The highest BCUT2D eigenvalue weighted by Gasteiger charge is 2.33. The molecule has 1 aromatic carbocycles. The molecule has 1 aromatic heterocycles. The molecule has 0 bridgehead atoms. The summed E-state index contributed by atoms with van der Waals surface area (Å²) in [4.78, 5) is 0. The fraction of sp³-hybridized carbons (Fsp3) is 0.400. The lowest BCUT2D eigenvalue weighted by Crippen LogP contribution is -2.36. The van der Waals surface area contributed by atoms with Crippen molar-refractivity contribution >= 4 is 0 Å². The number of aliphatic hydroxyl groups is 1. The van der Waals surface area contributed by atoms with E-state index in [1.165, 1.54) is 0 Å². The maximum Gasteiger partial charge on any atom is 0.164 e. The van der Waals surface area contributed by atoms with Gasteiger partial charge in [-0.2, -0.15) is 5.10 Å². The van der Waals surface area contributed by atoms with Crippen LogP contribution in [-0.2, 0) is 6.54 Å². The molecule has 6 nitrogen and oxygen atoms in total. The second-order valence-electron chi connectivity index (χ2n) is 4.77. The Kier molecular flexibility index (Phi) is 3.70. The van der Waals surface area contributed by atoms with Gasteiger partial charge in [-0.25, -0.2) is 0 Å². The normalized spacial score (nSPS) is 18.3. The Bertz CT molecular complexity index is 604. The van der Waals surface area contributed by atoms with E-state index >= 15 is 0 Å². The van der Waals surface area contributed by atoms with Crippen LogP contribution >= 0.6 is 0 Å². The van der Waals surface area contributed by atoms with Gasteiger partial charge in [-0.15, -0.1) is 0 Å². The van der Waals surface area contributed by atoms with Crippen molar-refractivity contribution in [2.75, 3.05) is 13.7 Å². The minimum absolute atomic E-state index is 0.274. The van der Waals surface area contributed by atoms with Gasteiger partial charge < -0.3 is 19.3 Å². The summed E-state index contributed by atoms with van der Waals surface area (Å²) < 4.78 is 18.5. The molecule has 0 saturated heterocycles. The number of aliphatic hydroxyl groups excluding tert-OH is 1. The average Bonchev–Trinajstić information content (AvgIpc) is 2.96. The monoisotopic (exact) mass is 290 g/mol. The van der Waals surface area contributed by atoms with Crippen LogP contribution in [0.1, 0.15) is 18.7 Å². The number of rotatable bonds is 4. The molecule has 2 heterocycles. The van der Waals surface area contributed by atoms with Gasteiger partial charge in [-0.1, -0.05) is 12.1 Å². The van der Waals surface area contributed by atoms with Crippen LogP contribution in [0.15, 0.2) is 30.5 Å². The summed E-state index contributed by atoms with van der Waals surface area (Å²) in [6, 6.07) is 7.42. The van der Waals surface area contributed by atoms with Crippen LogP contribution in [0.4, 0.5) is 0 Å². The molecule has 2 aromatic rings. The van der Waals surface area contributed by atoms with Crippen LogP contribution in [0.5, 0.6) is 17.2 Å². The summed E-state index contributed by atoms with van der Waals surface area (Å²) in [6.45, 7) is 2.87. The highest BCUT2D eigenvalue weighted by atomic mass is 16.6. The number of methoxy groups -OCH3 is 1. The number of para-hydroxylation sites is 2. The van der Waals surface area contributed by atoms with Crippen LogP contribution in [0.3, 0.4) is 0 Å². The van der Waals surface area contributed by atoms with Gasteiger partial charge in [-0.3, -0.25) is 4.68 Å². The van der Waals surface area contributed by atoms with E-state index in [9.17, 15) is 5.11 Å². The van der Waals surface area contributed by atoms with Crippen molar-refractivity contribution in [2.45, 2.75) is 25.7 Å². The van der Waals surface area contributed by atoms with Gasteiger partial charge in [0.25, 0.3) is 0 Å². The Balaban J connectivity index is 1.87. The summed E-state index contributed by atoms with van der Waals surface area (Å²) >= 11 is 0. The Labute approximate surface area is 122 Å². The first-order valence-corrected chi connectivity index (χ1v) is 6.90. The van der Waals surface area contributed by atoms with Crippen LogP contribution in [-0.4, -0.2) is 34.7 Å². The van der Waals surface area contributed by atoms with E-state index in [0.717, 1.165) is 0 Å². The molecule has 2 unspecified atom stereocenters. The quantitative estimate of drug-likeness (QED) is 0.930. The van der Waals surface area contributed by atoms with Crippen molar-refractivity contribution in [3.63, 3.8) is 0 Å². The predicted octanol–water partition coefficient (Wildman–Crippen LogP) is 1.78. The van der Waals surface area contributed by atoms with Crippen molar-refractivity contribution in [3.05, 3.63) is 36.2 Å². The third-order valence-electron chi connectivity index (χ3n) is 3.53. The topological polar surface area (TPSA) is 65.7 Å². The molecule has 3 rings (SSSR count). The first kappa shape index (κ1) is 13.8. The molecule has 1 aliphatic heterocycles. The molecular weight excluding hydrogens is 272 g/mol. The molecule has 0 radical (unpaired) electrons. The van der Waals surface area contributed by atoms with Crippen molar-refractivity contribution in [3.8, 4) is 17.2 Å². The first-order valence-electron chi connectivity index (χ1n) is 6.90. The molecule has 0 aliphatic carbocycles. The van der Waals surface area contributed by atoms with Gasteiger partial charge in [0.2, 0.25) is 0 Å². The Morgan fingerprint density at radius 1 is 1.43 bits per heavy atom.